The molecule has 0 saturated carbocycles. The molecule has 1 saturated heterocycles. The summed E-state index contributed by atoms with van der Waals surface area (Å²) >= 11 is 0. The minimum atomic E-state index is -3.55. The summed E-state index contributed by atoms with van der Waals surface area (Å²) in [7, 11) is -3.55. The topological polar surface area (TPSA) is 102 Å². The standard InChI is InChI=1S/C18H22N6O2S/c1-13-2-4-15(5-3-13)27(25,26)22-10-11-24-18-17(20-8-9-21-18)16(23-24)14-6-7-19-12-14/h2-5,8-9,14,19,22H,6-7,10-12H2,1H3. The van der Waals surface area contributed by atoms with E-state index in [1.807, 2.05) is 6.92 Å². The molecular weight excluding hydrogens is 364 g/mol. The lowest BCUT2D eigenvalue weighted by Crippen LogP contribution is -2.27. The number of rotatable bonds is 6. The molecule has 0 radical (unpaired) electrons. The Morgan fingerprint density at radius 3 is 2.74 bits per heavy atom. The highest BCUT2D eigenvalue weighted by molar-refractivity contribution is 7.89. The molecule has 1 atom stereocenters. The highest BCUT2D eigenvalue weighted by Gasteiger charge is 2.24. The molecule has 0 spiro atoms. The first-order valence-corrected chi connectivity index (χ1v) is 10.5. The van der Waals surface area contributed by atoms with E-state index in [2.05, 4.69) is 20.0 Å². The van der Waals surface area contributed by atoms with E-state index in [0.29, 0.717) is 18.1 Å². The van der Waals surface area contributed by atoms with Gasteiger partial charge in [-0.3, -0.25) is 0 Å². The van der Waals surface area contributed by atoms with Crippen LogP contribution in [0.25, 0.3) is 11.2 Å². The highest BCUT2D eigenvalue weighted by atomic mass is 32.2. The number of aryl methyl sites for hydroxylation is 1. The normalized spacial score (nSPS) is 17.6. The third kappa shape index (κ3) is 3.71. The fourth-order valence-electron chi connectivity index (χ4n) is 3.33. The summed E-state index contributed by atoms with van der Waals surface area (Å²) < 4.78 is 29.3. The summed E-state index contributed by atoms with van der Waals surface area (Å²) in [5.41, 5.74) is 3.44. The fourth-order valence-corrected chi connectivity index (χ4v) is 4.35. The monoisotopic (exact) mass is 386 g/mol. The van der Waals surface area contributed by atoms with E-state index in [1.165, 1.54) is 0 Å². The summed E-state index contributed by atoms with van der Waals surface area (Å²) in [5, 5.41) is 8.03. The number of aromatic nitrogens is 4. The molecule has 0 aliphatic carbocycles. The first kappa shape index (κ1) is 18.0. The van der Waals surface area contributed by atoms with Gasteiger partial charge in [0, 0.05) is 31.4 Å². The Morgan fingerprint density at radius 1 is 1.22 bits per heavy atom. The zero-order chi connectivity index (χ0) is 18.9. The predicted octanol–water partition coefficient (Wildman–Crippen LogP) is 1.19. The Morgan fingerprint density at radius 2 is 2.00 bits per heavy atom. The van der Waals surface area contributed by atoms with Crippen molar-refractivity contribution in [2.75, 3.05) is 19.6 Å². The molecule has 1 unspecified atom stereocenters. The van der Waals surface area contributed by atoms with Crippen LogP contribution < -0.4 is 10.0 Å². The Balaban J connectivity index is 1.51. The Bertz CT molecular complexity index is 1040. The van der Waals surface area contributed by atoms with Gasteiger partial charge in [-0.05, 0) is 32.0 Å². The number of hydrogen-bond donors (Lipinski definition) is 2. The van der Waals surface area contributed by atoms with Crippen molar-refractivity contribution in [2.45, 2.75) is 30.7 Å². The molecule has 1 aliphatic heterocycles. The van der Waals surface area contributed by atoms with E-state index >= 15 is 0 Å². The van der Waals surface area contributed by atoms with Crippen molar-refractivity contribution >= 4 is 21.2 Å². The van der Waals surface area contributed by atoms with E-state index in [-0.39, 0.29) is 11.4 Å². The average Bonchev–Trinajstić information content (AvgIpc) is 3.30. The van der Waals surface area contributed by atoms with Gasteiger partial charge in [-0.1, -0.05) is 17.7 Å². The molecule has 8 nitrogen and oxygen atoms in total. The van der Waals surface area contributed by atoms with Crippen molar-refractivity contribution in [3.8, 4) is 0 Å². The van der Waals surface area contributed by atoms with Crippen molar-refractivity contribution in [3.05, 3.63) is 47.9 Å². The second-order valence-electron chi connectivity index (χ2n) is 6.74. The van der Waals surface area contributed by atoms with Gasteiger partial charge in [0.1, 0.15) is 5.52 Å². The number of hydrogen-bond acceptors (Lipinski definition) is 6. The smallest absolute Gasteiger partial charge is 0.240 e. The van der Waals surface area contributed by atoms with Crippen LogP contribution >= 0.6 is 0 Å². The Kier molecular flexibility index (Phi) is 4.90. The summed E-state index contributed by atoms with van der Waals surface area (Å²) in [4.78, 5) is 9.10. The maximum atomic E-state index is 12.4. The van der Waals surface area contributed by atoms with Gasteiger partial charge in [-0.25, -0.2) is 27.8 Å². The molecule has 2 N–H and O–H groups in total. The number of benzene rings is 1. The largest absolute Gasteiger partial charge is 0.316 e. The van der Waals surface area contributed by atoms with Crippen LogP contribution in [0.5, 0.6) is 0 Å². The lowest BCUT2D eigenvalue weighted by Gasteiger charge is -2.08. The minimum absolute atomic E-state index is 0.228. The summed E-state index contributed by atoms with van der Waals surface area (Å²) in [6, 6.07) is 6.79. The van der Waals surface area contributed by atoms with Gasteiger partial charge in [0.25, 0.3) is 0 Å². The number of fused-ring (bicyclic) bond motifs is 1. The van der Waals surface area contributed by atoms with Crippen LogP contribution in [-0.2, 0) is 16.6 Å². The van der Waals surface area contributed by atoms with Crippen LogP contribution in [0.1, 0.15) is 23.6 Å². The van der Waals surface area contributed by atoms with E-state index < -0.39 is 10.0 Å². The molecule has 1 aliphatic rings. The van der Waals surface area contributed by atoms with Crippen molar-refractivity contribution < 1.29 is 8.42 Å². The van der Waals surface area contributed by atoms with E-state index in [0.717, 1.165) is 36.3 Å². The van der Waals surface area contributed by atoms with Gasteiger partial charge >= 0.3 is 0 Å². The van der Waals surface area contributed by atoms with Crippen LogP contribution in [0.15, 0.2) is 41.6 Å². The Labute approximate surface area is 158 Å². The van der Waals surface area contributed by atoms with Crippen LogP contribution in [0, 0.1) is 6.92 Å². The lowest BCUT2D eigenvalue weighted by molar-refractivity contribution is 0.559. The van der Waals surface area contributed by atoms with Gasteiger partial charge in [0.05, 0.1) is 17.1 Å². The fraction of sp³-hybridized carbons (Fsp3) is 0.389. The average molecular weight is 386 g/mol. The molecule has 3 heterocycles. The molecule has 9 heteroatoms. The molecule has 1 aromatic carbocycles. The SMILES string of the molecule is Cc1ccc(S(=O)(=O)NCCn2nc(C3CCNC3)c3nccnc32)cc1. The quantitative estimate of drug-likeness (QED) is 0.660. The maximum absolute atomic E-state index is 12.4. The second kappa shape index (κ2) is 7.34. The van der Waals surface area contributed by atoms with E-state index in [4.69, 9.17) is 5.10 Å². The van der Waals surface area contributed by atoms with Gasteiger partial charge in [-0.2, -0.15) is 5.10 Å². The van der Waals surface area contributed by atoms with Crippen molar-refractivity contribution in [1.29, 1.82) is 0 Å². The van der Waals surface area contributed by atoms with Gasteiger partial charge in [-0.15, -0.1) is 0 Å². The molecule has 1 fully saturated rings. The van der Waals surface area contributed by atoms with Gasteiger partial charge in [0.2, 0.25) is 10.0 Å². The molecule has 0 amide bonds. The van der Waals surface area contributed by atoms with Crippen LogP contribution in [0.4, 0.5) is 0 Å². The molecular formula is C18H22N6O2S. The minimum Gasteiger partial charge on any atom is -0.316 e. The first-order chi connectivity index (χ1) is 13.0. The molecule has 3 aromatic rings. The first-order valence-electron chi connectivity index (χ1n) is 8.99. The lowest BCUT2D eigenvalue weighted by atomic mass is 10.0. The van der Waals surface area contributed by atoms with Crippen LogP contribution in [0.3, 0.4) is 0 Å². The number of nitrogens with zero attached hydrogens (tertiary/aromatic N) is 4. The van der Waals surface area contributed by atoms with Crippen LogP contribution in [-0.4, -0.2) is 47.8 Å². The van der Waals surface area contributed by atoms with Crippen LogP contribution in [0.2, 0.25) is 0 Å². The van der Waals surface area contributed by atoms with Gasteiger partial charge < -0.3 is 5.32 Å². The molecule has 142 valence electrons. The number of sulfonamides is 1. The van der Waals surface area contributed by atoms with Gasteiger partial charge in [0.15, 0.2) is 5.65 Å². The zero-order valence-electron chi connectivity index (χ0n) is 15.1. The Hall–Kier alpha value is -2.36. The van der Waals surface area contributed by atoms with E-state index in [9.17, 15) is 8.42 Å². The highest BCUT2D eigenvalue weighted by Crippen LogP contribution is 2.26. The summed E-state index contributed by atoms with van der Waals surface area (Å²) in [5.74, 6) is 0.315. The molecule has 27 heavy (non-hydrogen) atoms. The molecule has 4 rings (SSSR count). The van der Waals surface area contributed by atoms with Crippen molar-refractivity contribution in [2.24, 2.45) is 0 Å². The zero-order valence-corrected chi connectivity index (χ0v) is 15.9. The third-order valence-corrected chi connectivity index (χ3v) is 6.27. The van der Waals surface area contributed by atoms with Crippen molar-refractivity contribution in [1.82, 2.24) is 29.8 Å². The predicted molar refractivity (Wildman–Crippen MR) is 102 cm³/mol. The third-order valence-electron chi connectivity index (χ3n) is 4.79. The maximum Gasteiger partial charge on any atom is 0.240 e. The number of nitrogens with one attached hydrogen (secondary N) is 2. The molecule has 0 bridgehead atoms. The van der Waals surface area contributed by atoms with Crippen molar-refractivity contribution in [3.63, 3.8) is 0 Å². The van der Waals surface area contributed by atoms with E-state index in [1.54, 1.807) is 41.3 Å². The second-order valence-corrected chi connectivity index (χ2v) is 8.50. The summed E-state index contributed by atoms with van der Waals surface area (Å²) in [6.45, 7) is 4.38. The summed E-state index contributed by atoms with van der Waals surface area (Å²) in [6.07, 6.45) is 4.32. The molecule has 2 aromatic heterocycles.